The van der Waals surface area contributed by atoms with Crippen LogP contribution in [0.2, 0.25) is 0 Å². The van der Waals surface area contributed by atoms with Gasteiger partial charge >= 0.3 is 0 Å². The van der Waals surface area contributed by atoms with Crippen LogP contribution >= 0.6 is 0 Å². The average Bonchev–Trinajstić information content (AvgIpc) is 2.74. The van der Waals surface area contributed by atoms with Crippen LogP contribution in [0, 0.1) is 5.82 Å². The van der Waals surface area contributed by atoms with E-state index in [1.807, 2.05) is 0 Å². The number of aromatic amines is 1. The van der Waals surface area contributed by atoms with Crippen molar-refractivity contribution >= 4 is 5.82 Å². The second kappa shape index (κ2) is 4.32. The predicted octanol–water partition coefficient (Wildman–Crippen LogP) is 1.82. The van der Waals surface area contributed by atoms with Gasteiger partial charge in [0.25, 0.3) is 0 Å². The fourth-order valence-electron chi connectivity index (χ4n) is 1.61. The molecule has 2 aromatic rings. The summed E-state index contributed by atoms with van der Waals surface area (Å²) < 4.78 is 23.5. The quantitative estimate of drug-likeness (QED) is 0.853. The lowest BCUT2D eigenvalue weighted by atomic mass is 10.1. The number of methoxy groups -OCH3 is 2. The van der Waals surface area contributed by atoms with E-state index >= 15 is 0 Å². The molecule has 0 saturated carbocycles. The van der Waals surface area contributed by atoms with E-state index in [9.17, 15) is 4.39 Å². The van der Waals surface area contributed by atoms with Crippen molar-refractivity contribution in [3.05, 3.63) is 24.0 Å². The maximum Gasteiger partial charge on any atom is 0.145 e. The van der Waals surface area contributed by atoms with Gasteiger partial charge in [0, 0.05) is 18.2 Å². The Morgan fingerprint density at radius 3 is 2.18 bits per heavy atom. The number of halogens is 1. The molecule has 0 radical (unpaired) electrons. The third-order valence-electron chi connectivity index (χ3n) is 2.34. The SMILES string of the molecule is COc1cc(F)cc(OC)c1-c1cc(N)n[nH]1. The zero-order chi connectivity index (χ0) is 12.4. The Hall–Kier alpha value is -2.24. The van der Waals surface area contributed by atoms with E-state index in [2.05, 4.69) is 10.2 Å². The zero-order valence-corrected chi connectivity index (χ0v) is 9.45. The highest BCUT2D eigenvalue weighted by atomic mass is 19.1. The number of nitrogens with zero attached hydrogens (tertiary/aromatic N) is 1. The molecule has 0 aliphatic heterocycles. The minimum Gasteiger partial charge on any atom is -0.496 e. The first-order valence-electron chi connectivity index (χ1n) is 4.88. The lowest BCUT2D eigenvalue weighted by Gasteiger charge is -2.11. The van der Waals surface area contributed by atoms with Crippen molar-refractivity contribution in [2.45, 2.75) is 0 Å². The molecule has 0 fully saturated rings. The number of hydrogen-bond acceptors (Lipinski definition) is 4. The van der Waals surface area contributed by atoms with Crippen LogP contribution in [-0.2, 0) is 0 Å². The van der Waals surface area contributed by atoms with Crippen LogP contribution in [0.25, 0.3) is 11.3 Å². The first kappa shape index (κ1) is 11.3. The van der Waals surface area contributed by atoms with Gasteiger partial charge in [-0.25, -0.2) is 4.39 Å². The molecule has 0 aliphatic carbocycles. The van der Waals surface area contributed by atoms with Gasteiger partial charge in [-0.15, -0.1) is 0 Å². The van der Waals surface area contributed by atoms with E-state index in [-0.39, 0.29) is 0 Å². The van der Waals surface area contributed by atoms with Crippen molar-refractivity contribution in [3.8, 4) is 22.8 Å². The standard InChI is InChI=1S/C11H12FN3O2/c1-16-8-3-6(12)4-9(17-2)11(8)7-5-10(13)15-14-7/h3-5H,1-2H3,(H3,13,14,15). The number of nitrogens with one attached hydrogen (secondary N) is 1. The van der Waals surface area contributed by atoms with Gasteiger partial charge in [-0.1, -0.05) is 0 Å². The number of nitrogen functional groups attached to an aromatic ring is 1. The lowest BCUT2D eigenvalue weighted by Crippen LogP contribution is -1.95. The number of aromatic nitrogens is 2. The molecule has 6 heteroatoms. The second-order valence-corrected chi connectivity index (χ2v) is 3.39. The van der Waals surface area contributed by atoms with E-state index in [1.54, 1.807) is 6.07 Å². The number of H-pyrrole nitrogens is 1. The van der Waals surface area contributed by atoms with Crippen LogP contribution in [-0.4, -0.2) is 24.4 Å². The van der Waals surface area contributed by atoms with Crippen molar-refractivity contribution in [2.75, 3.05) is 20.0 Å². The molecule has 0 spiro atoms. The molecule has 17 heavy (non-hydrogen) atoms. The Labute approximate surface area is 97.3 Å². The molecule has 0 saturated heterocycles. The number of rotatable bonds is 3. The van der Waals surface area contributed by atoms with Crippen LogP contribution in [0.15, 0.2) is 18.2 Å². The second-order valence-electron chi connectivity index (χ2n) is 3.39. The molecule has 0 amide bonds. The van der Waals surface area contributed by atoms with Gasteiger partial charge in [0.05, 0.1) is 25.5 Å². The number of hydrogen-bond donors (Lipinski definition) is 2. The Morgan fingerprint density at radius 2 is 1.76 bits per heavy atom. The maximum atomic E-state index is 13.3. The third kappa shape index (κ3) is 2.01. The van der Waals surface area contributed by atoms with Crippen molar-refractivity contribution in [1.82, 2.24) is 10.2 Å². The molecule has 2 rings (SSSR count). The van der Waals surface area contributed by atoms with Crippen molar-refractivity contribution in [2.24, 2.45) is 0 Å². The summed E-state index contributed by atoms with van der Waals surface area (Å²) in [4.78, 5) is 0. The third-order valence-corrected chi connectivity index (χ3v) is 2.34. The Morgan fingerprint density at radius 1 is 1.18 bits per heavy atom. The van der Waals surface area contributed by atoms with E-state index in [1.165, 1.54) is 26.4 Å². The van der Waals surface area contributed by atoms with Gasteiger partial charge in [0.15, 0.2) is 0 Å². The summed E-state index contributed by atoms with van der Waals surface area (Å²) in [5.41, 5.74) is 6.72. The van der Waals surface area contributed by atoms with Crippen LogP contribution in [0.3, 0.4) is 0 Å². The molecule has 0 unspecified atom stereocenters. The highest BCUT2D eigenvalue weighted by Gasteiger charge is 2.16. The topological polar surface area (TPSA) is 73.2 Å². The van der Waals surface area contributed by atoms with Gasteiger partial charge in [-0.05, 0) is 0 Å². The molecule has 90 valence electrons. The van der Waals surface area contributed by atoms with Crippen LogP contribution < -0.4 is 15.2 Å². The molecule has 5 nitrogen and oxygen atoms in total. The summed E-state index contributed by atoms with van der Waals surface area (Å²) in [5.74, 6) is 0.611. The highest BCUT2D eigenvalue weighted by molar-refractivity contribution is 5.75. The minimum absolute atomic E-state index is 0.341. The van der Waals surface area contributed by atoms with E-state index in [0.717, 1.165) is 0 Å². The number of ether oxygens (including phenoxy) is 2. The Kier molecular flexibility index (Phi) is 2.86. The van der Waals surface area contributed by atoms with Gasteiger partial charge in [-0.2, -0.15) is 5.10 Å². The fourth-order valence-corrected chi connectivity index (χ4v) is 1.61. The molecular formula is C11H12FN3O2. The summed E-state index contributed by atoms with van der Waals surface area (Å²) >= 11 is 0. The molecule has 0 atom stereocenters. The molecule has 1 aromatic carbocycles. The smallest absolute Gasteiger partial charge is 0.145 e. The van der Waals surface area contributed by atoms with Gasteiger partial charge < -0.3 is 15.2 Å². The fraction of sp³-hybridized carbons (Fsp3) is 0.182. The average molecular weight is 237 g/mol. The maximum absolute atomic E-state index is 13.3. The van der Waals surface area contributed by atoms with Crippen LogP contribution in [0.4, 0.5) is 10.2 Å². The monoisotopic (exact) mass is 237 g/mol. The number of benzene rings is 1. The van der Waals surface area contributed by atoms with Gasteiger partial charge in [0.2, 0.25) is 0 Å². The normalized spacial score (nSPS) is 10.3. The van der Waals surface area contributed by atoms with E-state index < -0.39 is 5.82 Å². The summed E-state index contributed by atoms with van der Waals surface area (Å²) in [6, 6.07) is 4.17. The minimum atomic E-state index is -0.435. The molecule has 1 aromatic heterocycles. The van der Waals surface area contributed by atoms with Crippen LogP contribution in [0.5, 0.6) is 11.5 Å². The lowest BCUT2D eigenvalue weighted by molar-refractivity contribution is 0.391. The zero-order valence-electron chi connectivity index (χ0n) is 9.45. The molecule has 0 bridgehead atoms. The first-order chi connectivity index (χ1) is 8.15. The molecule has 1 heterocycles. The largest absolute Gasteiger partial charge is 0.496 e. The van der Waals surface area contributed by atoms with Gasteiger partial charge in [0.1, 0.15) is 23.1 Å². The van der Waals surface area contributed by atoms with E-state index in [4.69, 9.17) is 15.2 Å². The molecule has 3 N–H and O–H groups in total. The van der Waals surface area contributed by atoms with E-state index in [0.29, 0.717) is 28.6 Å². The summed E-state index contributed by atoms with van der Waals surface area (Å²) in [6.07, 6.45) is 0. The first-order valence-corrected chi connectivity index (χ1v) is 4.88. The predicted molar refractivity (Wildman–Crippen MR) is 61.5 cm³/mol. The van der Waals surface area contributed by atoms with Crippen molar-refractivity contribution < 1.29 is 13.9 Å². The number of anilines is 1. The van der Waals surface area contributed by atoms with Crippen molar-refractivity contribution in [3.63, 3.8) is 0 Å². The number of nitrogens with two attached hydrogens (primary N) is 1. The summed E-state index contributed by atoms with van der Waals surface area (Å²) in [7, 11) is 2.91. The highest BCUT2D eigenvalue weighted by Crippen LogP contribution is 2.38. The van der Waals surface area contributed by atoms with Gasteiger partial charge in [-0.3, -0.25) is 5.10 Å². The Bertz CT molecular complexity index is 514. The molecular weight excluding hydrogens is 225 g/mol. The van der Waals surface area contributed by atoms with Crippen molar-refractivity contribution in [1.29, 1.82) is 0 Å². The van der Waals surface area contributed by atoms with Crippen LogP contribution in [0.1, 0.15) is 0 Å². The summed E-state index contributed by atoms with van der Waals surface area (Å²) in [6.45, 7) is 0. The molecule has 0 aliphatic rings. The summed E-state index contributed by atoms with van der Waals surface area (Å²) in [5, 5.41) is 6.55. The Balaban J connectivity index is 2.65.